The second-order valence-corrected chi connectivity index (χ2v) is 4.98. The Hall–Kier alpha value is -1.62. The van der Waals surface area contributed by atoms with Gasteiger partial charge in [-0.25, -0.2) is 0 Å². The number of rotatable bonds is 4. The summed E-state index contributed by atoms with van der Waals surface area (Å²) in [5.41, 5.74) is 8.07. The molecule has 0 unspecified atom stereocenters. The number of nitrogens with zero attached hydrogens (tertiary/aromatic N) is 2. The van der Waals surface area contributed by atoms with Crippen LogP contribution in [-0.4, -0.2) is 15.6 Å². The van der Waals surface area contributed by atoms with Gasteiger partial charge < -0.3 is 5.73 Å². The number of hydrogen-bond acceptors (Lipinski definition) is 3. The Morgan fingerprint density at radius 2 is 2.06 bits per heavy atom. The predicted octanol–water partition coefficient (Wildman–Crippen LogP) is 2.58. The largest absolute Gasteiger partial charge is 0.399 e. The minimum Gasteiger partial charge on any atom is -0.399 e. The predicted molar refractivity (Wildman–Crippen MR) is 74.4 cm³/mol. The van der Waals surface area contributed by atoms with E-state index in [1.807, 2.05) is 24.3 Å². The molecule has 2 aromatic rings. The Labute approximate surface area is 114 Å². The molecule has 0 spiro atoms. The van der Waals surface area contributed by atoms with E-state index in [4.69, 9.17) is 5.73 Å². The van der Waals surface area contributed by atoms with E-state index in [1.54, 1.807) is 17.9 Å². The van der Waals surface area contributed by atoms with Gasteiger partial charge in [0, 0.05) is 19.2 Å². The van der Waals surface area contributed by atoms with Crippen molar-refractivity contribution in [3.8, 4) is 0 Å². The van der Waals surface area contributed by atoms with Crippen LogP contribution >= 0.6 is 15.9 Å². The van der Waals surface area contributed by atoms with Crippen LogP contribution in [0.25, 0.3) is 0 Å². The van der Waals surface area contributed by atoms with Gasteiger partial charge in [-0.05, 0) is 40.0 Å². The highest BCUT2D eigenvalue weighted by molar-refractivity contribution is 9.10. The fourth-order valence-electron chi connectivity index (χ4n) is 1.78. The number of Topliss-reactive ketones (excluding diaryl/α,β-unsaturated/α-hetero) is 1. The van der Waals surface area contributed by atoms with Gasteiger partial charge in [0.1, 0.15) is 5.69 Å². The molecule has 1 aromatic carbocycles. The third-order valence-electron chi connectivity index (χ3n) is 2.78. The molecule has 0 radical (unpaired) electrons. The zero-order valence-corrected chi connectivity index (χ0v) is 11.6. The van der Waals surface area contributed by atoms with E-state index in [0.717, 1.165) is 15.7 Å². The van der Waals surface area contributed by atoms with E-state index in [0.29, 0.717) is 18.5 Å². The maximum absolute atomic E-state index is 12.1. The molecule has 18 heavy (non-hydrogen) atoms. The van der Waals surface area contributed by atoms with Crippen LogP contribution in [0.2, 0.25) is 0 Å². The molecular weight excluding hydrogens is 294 g/mol. The minimum atomic E-state index is 0.0821. The van der Waals surface area contributed by atoms with Crippen molar-refractivity contribution in [2.45, 2.75) is 12.8 Å². The topological polar surface area (TPSA) is 60.9 Å². The molecule has 1 aromatic heterocycles. The van der Waals surface area contributed by atoms with Gasteiger partial charge in [0.25, 0.3) is 0 Å². The molecule has 0 bridgehead atoms. The van der Waals surface area contributed by atoms with E-state index >= 15 is 0 Å². The third kappa shape index (κ3) is 2.79. The number of aryl methyl sites for hydroxylation is 2. The van der Waals surface area contributed by atoms with Crippen molar-refractivity contribution in [1.82, 2.24) is 9.78 Å². The Morgan fingerprint density at radius 1 is 1.39 bits per heavy atom. The van der Waals surface area contributed by atoms with Crippen LogP contribution in [0.1, 0.15) is 22.5 Å². The second-order valence-electron chi connectivity index (χ2n) is 4.13. The summed E-state index contributed by atoms with van der Waals surface area (Å²) in [6.07, 6.45) is 2.80. The van der Waals surface area contributed by atoms with Gasteiger partial charge in [0.2, 0.25) is 0 Å². The lowest BCUT2D eigenvalue weighted by atomic mass is 10.1. The summed E-state index contributed by atoms with van der Waals surface area (Å²) < 4.78 is 2.34. The number of nitrogen functional groups attached to an aromatic ring is 1. The number of ketones is 1. The number of hydrogen-bond donors (Lipinski definition) is 1. The Balaban J connectivity index is 2.03. The molecule has 0 saturated carbocycles. The molecule has 4 nitrogen and oxygen atoms in total. The van der Waals surface area contributed by atoms with E-state index in [1.165, 1.54) is 0 Å². The molecule has 94 valence electrons. The van der Waals surface area contributed by atoms with Crippen LogP contribution in [0, 0.1) is 0 Å². The number of anilines is 1. The van der Waals surface area contributed by atoms with Gasteiger partial charge in [-0.2, -0.15) is 5.10 Å². The second kappa shape index (κ2) is 5.35. The molecule has 0 saturated heterocycles. The van der Waals surface area contributed by atoms with Crippen molar-refractivity contribution >= 4 is 27.4 Å². The van der Waals surface area contributed by atoms with Gasteiger partial charge in [-0.15, -0.1) is 0 Å². The average Bonchev–Trinajstić information content (AvgIpc) is 2.68. The highest BCUT2D eigenvalue weighted by Gasteiger charge is 2.14. The van der Waals surface area contributed by atoms with Crippen LogP contribution in [0.4, 0.5) is 5.69 Å². The molecule has 0 aliphatic heterocycles. The molecule has 0 aliphatic carbocycles. The van der Waals surface area contributed by atoms with E-state index in [-0.39, 0.29) is 5.78 Å². The lowest BCUT2D eigenvalue weighted by molar-refractivity contribution is 0.0973. The molecule has 2 rings (SSSR count). The summed E-state index contributed by atoms with van der Waals surface area (Å²) >= 11 is 3.33. The molecule has 0 amide bonds. The van der Waals surface area contributed by atoms with Crippen molar-refractivity contribution in [2.24, 2.45) is 7.05 Å². The van der Waals surface area contributed by atoms with Crippen molar-refractivity contribution < 1.29 is 4.79 Å². The Kier molecular flexibility index (Phi) is 3.81. The third-order valence-corrected chi connectivity index (χ3v) is 3.36. The van der Waals surface area contributed by atoms with E-state index in [9.17, 15) is 4.79 Å². The smallest absolute Gasteiger partial charge is 0.182 e. The van der Waals surface area contributed by atoms with Gasteiger partial charge in [-0.1, -0.05) is 12.1 Å². The maximum Gasteiger partial charge on any atom is 0.182 e. The molecule has 0 atom stereocenters. The number of benzene rings is 1. The SMILES string of the molecule is Cn1ncc(Br)c1C(=O)CCc1ccc(N)cc1. The molecular formula is C13H14BrN3O. The zero-order valence-electron chi connectivity index (χ0n) is 10.1. The highest BCUT2D eigenvalue weighted by Crippen LogP contribution is 2.18. The van der Waals surface area contributed by atoms with Crippen LogP contribution in [-0.2, 0) is 13.5 Å². The van der Waals surface area contributed by atoms with Crippen LogP contribution in [0.3, 0.4) is 0 Å². The van der Waals surface area contributed by atoms with Crippen molar-refractivity contribution in [1.29, 1.82) is 0 Å². The van der Waals surface area contributed by atoms with Gasteiger partial charge >= 0.3 is 0 Å². The minimum absolute atomic E-state index is 0.0821. The van der Waals surface area contributed by atoms with E-state index in [2.05, 4.69) is 21.0 Å². The Bertz CT molecular complexity index is 541. The standard InChI is InChI=1S/C13H14BrN3O/c1-17-13(11(14)8-16-17)12(18)7-4-9-2-5-10(15)6-3-9/h2-3,5-6,8H,4,7,15H2,1H3. The lowest BCUT2D eigenvalue weighted by Gasteiger charge is -2.03. The summed E-state index contributed by atoms with van der Waals surface area (Å²) in [5, 5.41) is 4.04. The number of nitrogens with two attached hydrogens (primary N) is 1. The molecule has 0 aliphatic rings. The van der Waals surface area contributed by atoms with E-state index < -0.39 is 0 Å². The summed E-state index contributed by atoms with van der Waals surface area (Å²) in [7, 11) is 1.77. The normalized spacial score (nSPS) is 10.6. The summed E-state index contributed by atoms with van der Waals surface area (Å²) in [5.74, 6) is 0.0821. The summed E-state index contributed by atoms with van der Waals surface area (Å²) in [6.45, 7) is 0. The zero-order chi connectivity index (χ0) is 13.1. The van der Waals surface area contributed by atoms with Crippen molar-refractivity contribution in [2.75, 3.05) is 5.73 Å². The average molecular weight is 308 g/mol. The number of carbonyl (C=O) groups excluding carboxylic acids is 1. The monoisotopic (exact) mass is 307 g/mol. The number of aromatic nitrogens is 2. The quantitative estimate of drug-likeness (QED) is 0.697. The maximum atomic E-state index is 12.1. The highest BCUT2D eigenvalue weighted by atomic mass is 79.9. The first-order valence-corrected chi connectivity index (χ1v) is 6.42. The first-order chi connectivity index (χ1) is 8.58. The first kappa shape index (κ1) is 12.8. The first-order valence-electron chi connectivity index (χ1n) is 5.63. The number of carbonyl (C=O) groups is 1. The molecule has 1 heterocycles. The van der Waals surface area contributed by atoms with Crippen LogP contribution < -0.4 is 5.73 Å². The van der Waals surface area contributed by atoms with Crippen molar-refractivity contribution in [3.63, 3.8) is 0 Å². The summed E-state index contributed by atoms with van der Waals surface area (Å²) in [6, 6.07) is 7.58. The van der Waals surface area contributed by atoms with Crippen LogP contribution in [0.15, 0.2) is 34.9 Å². The number of halogens is 1. The van der Waals surface area contributed by atoms with Gasteiger partial charge in [0.05, 0.1) is 10.7 Å². The molecule has 0 fully saturated rings. The van der Waals surface area contributed by atoms with Gasteiger partial charge in [0.15, 0.2) is 5.78 Å². The van der Waals surface area contributed by atoms with Crippen molar-refractivity contribution in [3.05, 3.63) is 46.2 Å². The Morgan fingerprint density at radius 3 is 2.61 bits per heavy atom. The molecule has 5 heteroatoms. The fourth-order valence-corrected chi connectivity index (χ4v) is 2.35. The van der Waals surface area contributed by atoms with Gasteiger partial charge in [-0.3, -0.25) is 9.48 Å². The molecule has 2 N–H and O–H groups in total. The van der Waals surface area contributed by atoms with Crippen LogP contribution in [0.5, 0.6) is 0 Å². The fraction of sp³-hybridized carbons (Fsp3) is 0.231. The lowest BCUT2D eigenvalue weighted by Crippen LogP contribution is -2.08. The summed E-state index contributed by atoms with van der Waals surface area (Å²) in [4.78, 5) is 12.1.